The first kappa shape index (κ1) is 13.9. The molecule has 3 N–H and O–H groups in total. The third-order valence-electron chi connectivity index (χ3n) is 5.10. The molecule has 122 valence electrons. The second kappa shape index (κ2) is 4.76. The fourth-order valence-electron chi connectivity index (χ4n) is 3.93. The van der Waals surface area contributed by atoms with Crippen LogP contribution in [0.15, 0.2) is 18.7 Å². The molecule has 4 heterocycles. The second-order valence-corrected chi connectivity index (χ2v) is 7.50. The van der Waals surface area contributed by atoms with Gasteiger partial charge in [-0.15, -0.1) is 11.3 Å². The molecule has 0 unspecified atom stereocenters. The van der Waals surface area contributed by atoms with Gasteiger partial charge in [0.2, 0.25) is 0 Å². The van der Waals surface area contributed by atoms with E-state index in [1.54, 1.807) is 6.33 Å². The minimum atomic E-state index is -0.177. The maximum Gasteiger partial charge on any atom is 0.262 e. The van der Waals surface area contributed by atoms with Gasteiger partial charge in [-0.2, -0.15) is 0 Å². The van der Waals surface area contributed by atoms with Gasteiger partial charge < -0.3 is 11.1 Å². The Morgan fingerprint density at radius 3 is 2.88 bits per heavy atom. The average molecular weight is 340 g/mol. The van der Waals surface area contributed by atoms with Crippen LogP contribution in [-0.4, -0.2) is 25.4 Å². The molecule has 1 spiro atoms. The van der Waals surface area contributed by atoms with E-state index in [1.165, 1.54) is 24.1 Å². The highest BCUT2D eigenvalue weighted by molar-refractivity contribution is 7.16. The quantitative estimate of drug-likeness (QED) is 0.708. The van der Waals surface area contributed by atoms with Crippen molar-refractivity contribution >= 4 is 34.2 Å². The van der Waals surface area contributed by atoms with Gasteiger partial charge in [0, 0.05) is 5.56 Å². The number of hydrogen-bond donors (Lipinski definition) is 2. The molecule has 1 amide bonds. The smallest absolute Gasteiger partial charge is 0.262 e. The van der Waals surface area contributed by atoms with Gasteiger partial charge in [-0.25, -0.2) is 15.0 Å². The number of thiophene rings is 1. The first-order valence-electron chi connectivity index (χ1n) is 8.09. The number of anilines is 1. The molecule has 0 aromatic carbocycles. The summed E-state index contributed by atoms with van der Waals surface area (Å²) in [6.45, 7) is 0. The molecule has 5 rings (SSSR count). The van der Waals surface area contributed by atoms with Crippen molar-refractivity contribution in [2.45, 2.75) is 37.6 Å². The van der Waals surface area contributed by atoms with E-state index in [2.05, 4.69) is 26.3 Å². The van der Waals surface area contributed by atoms with Crippen molar-refractivity contribution in [3.05, 3.63) is 29.2 Å². The number of nitrogens with one attached hydrogen (secondary N) is 1. The molecule has 1 aliphatic carbocycles. The Hall–Kier alpha value is -2.48. The fourth-order valence-corrected chi connectivity index (χ4v) is 5.05. The lowest BCUT2D eigenvalue weighted by atomic mass is 9.78. The summed E-state index contributed by atoms with van der Waals surface area (Å²) in [4.78, 5) is 25.9. The molecule has 3 aromatic rings. The molecule has 8 heteroatoms. The van der Waals surface area contributed by atoms with E-state index in [0.717, 1.165) is 41.1 Å². The van der Waals surface area contributed by atoms with Crippen LogP contribution in [-0.2, 0) is 5.54 Å². The van der Waals surface area contributed by atoms with Gasteiger partial charge in [0.1, 0.15) is 17.7 Å². The normalized spacial score (nSPS) is 18.9. The van der Waals surface area contributed by atoms with Gasteiger partial charge >= 0.3 is 0 Å². The van der Waals surface area contributed by atoms with Crippen LogP contribution >= 0.6 is 11.3 Å². The van der Waals surface area contributed by atoms with E-state index in [1.807, 2.05) is 4.57 Å². The van der Waals surface area contributed by atoms with Crippen molar-refractivity contribution in [3.8, 4) is 5.00 Å². The molecule has 0 radical (unpaired) electrons. The number of imidazole rings is 1. The average Bonchev–Trinajstić information content (AvgIpc) is 3.25. The van der Waals surface area contributed by atoms with Crippen molar-refractivity contribution in [1.82, 2.24) is 24.8 Å². The number of carbonyl (C=O) groups excluding carboxylic acids is 1. The van der Waals surface area contributed by atoms with Crippen LogP contribution in [0.1, 0.15) is 47.3 Å². The zero-order valence-corrected chi connectivity index (χ0v) is 13.8. The van der Waals surface area contributed by atoms with E-state index in [-0.39, 0.29) is 11.4 Å². The van der Waals surface area contributed by atoms with Gasteiger partial charge in [-0.05, 0) is 18.9 Å². The predicted octanol–water partition coefficient (Wildman–Crippen LogP) is 2.36. The van der Waals surface area contributed by atoms with Gasteiger partial charge in [-0.1, -0.05) is 19.3 Å². The van der Waals surface area contributed by atoms with Crippen LogP contribution < -0.4 is 11.1 Å². The third-order valence-corrected chi connectivity index (χ3v) is 6.23. The third kappa shape index (κ3) is 1.77. The summed E-state index contributed by atoms with van der Waals surface area (Å²) in [5.74, 6) is 0.408. The van der Waals surface area contributed by atoms with Gasteiger partial charge in [0.25, 0.3) is 5.91 Å². The van der Waals surface area contributed by atoms with E-state index in [4.69, 9.17) is 5.73 Å². The monoisotopic (exact) mass is 340 g/mol. The highest BCUT2D eigenvalue weighted by atomic mass is 32.1. The molecule has 1 aliphatic heterocycles. The van der Waals surface area contributed by atoms with Crippen molar-refractivity contribution < 1.29 is 4.79 Å². The van der Waals surface area contributed by atoms with Crippen molar-refractivity contribution in [2.75, 3.05) is 5.73 Å². The molecule has 0 atom stereocenters. The number of hydrogen-bond acceptors (Lipinski definition) is 6. The number of rotatable bonds is 1. The molecule has 0 saturated heterocycles. The highest BCUT2D eigenvalue weighted by Gasteiger charge is 2.45. The Morgan fingerprint density at radius 2 is 2.04 bits per heavy atom. The topological polar surface area (TPSA) is 98.7 Å². The number of nitrogen functional groups attached to an aromatic ring is 1. The highest BCUT2D eigenvalue weighted by Crippen LogP contribution is 2.46. The summed E-state index contributed by atoms with van der Waals surface area (Å²) in [6, 6.07) is 2.11. The predicted molar refractivity (Wildman–Crippen MR) is 91.2 cm³/mol. The molecule has 7 nitrogen and oxygen atoms in total. The maximum absolute atomic E-state index is 12.5. The fraction of sp³-hybridized carbons (Fsp3) is 0.375. The molecule has 1 saturated carbocycles. The lowest BCUT2D eigenvalue weighted by Crippen LogP contribution is -2.41. The van der Waals surface area contributed by atoms with Crippen LogP contribution in [0, 0.1) is 0 Å². The van der Waals surface area contributed by atoms with Gasteiger partial charge in [0.15, 0.2) is 17.0 Å². The van der Waals surface area contributed by atoms with Crippen molar-refractivity contribution in [3.63, 3.8) is 0 Å². The molecular weight excluding hydrogens is 324 g/mol. The minimum absolute atomic E-state index is 0.0433. The molecular formula is C16H16N6OS. The van der Waals surface area contributed by atoms with Crippen molar-refractivity contribution in [2.24, 2.45) is 0 Å². The van der Waals surface area contributed by atoms with E-state index < -0.39 is 0 Å². The summed E-state index contributed by atoms with van der Waals surface area (Å²) >= 11 is 1.49. The number of fused-ring (bicyclic) bond motifs is 3. The van der Waals surface area contributed by atoms with Crippen LogP contribution in [0.4, 0.5) is 5.82 Å². The summed E-state index contributed by atoms with van der Waals surface area (Å²) in [5, 5.41) is 4.18. The summed E-state index contributed by atoms with van der Waals surface area (Å²) in [5.41, 5.74) is 8.08. The first-order chi connectivity index (χ1) is 11.7. The van der Waals surface area contributed by atoms with Crippen LogP contribution in [0.3, 0.4) is 0 Å². The lowest BCUT2D eigenvalue weighted by molar-refractivity contribution is 0.0912. The second-order valence-electron chi connectivity index (χ2n) is 6.47. The maximum atomic E-state index is 12.5. The Kier molecular flexibility index (Phi) is 2.76. The molecule has 0 bridgehead atoms. The van der Waals surface area contributed by atoms with E-state index in [0.29, 0.717) is 17.0 Å². The number of aromatic nitrogens is 4. The number of nitrogens with two attached hydrogens (primary N) is 1. The first-order valence-corrected chi connectivity index (χ1v) is 8.90. The molecule has 3 aromatic heterocycles. The Morgan fingerprint density at radius 1 is 1.21 bits per heavy atom. The zero-order chi connectivity index (χ0) is 16.3. The van der Waals surface area contributed by atoms with E-state index in [9.17, 15) is 4.79 Å². The van der Waals surface area contributed by atoms with E-state index >= 15 is 0 Å². The van der Waals surface area contributed by atoms with Crippen LogP contribution in [0.5, 0.6) is 0 Å². The number of amides is 1. The summed E-state index contributed by atoms with van der Waals surface area (Å²) in [7, 11) is 0. The van der Waals surface area contributed by atoms with Gasteiger partial charge in [-0.3, -0.25) is 9.36 Å². The van der Waals surface area contributed by atoms with Crippen molar-refractivity contribution in [1.29, 1.82) is 0 Å². The largest absolute Gasteiger partial charge is 0.382 e. The summed E-state index contributed by atoms with van der Waals surface area (Å²) in [6.07, 6.45) is 8.72. The molecule has 24 heavy (non-hydrogen) atoms. The summed E-state index contributed by atoms with van der Waals surface area (Å²) < 4.78 is 1.89. The lowest BCUT2D eigenvalue weighted by Gasteiger charge is -2.33. The van der Waals surface area contributed by atoms with Gasteiger partial charge in [0.05, 0.1) is 10.4 Å². The molecule has 1 fully saturated rings. The standard InChI is InChI=1S/C16H16N6OS/c17-13-11-14(19-7-18-13)22(8-20-11)10-6-9-12(24-10)15(23)21-16(9)4-2-1-3-5-16/h6-8H,1-5H2,(H,21,23)(H2,17,18,19). The zero-order valence-electron chi connectivity index (χ0n) is 13.0. The Bertz CT molecular complexity index is 968. The number of nitrogens with zero attached hydrogens (tertiary/aromatic N) is 4. The number of carbonyl (C=O) groups is 1. The Balaban J connectivity index is 1.67. The van der Waals surface area contributed by atoms with Crippen LogP contribution in [0.2, 0.25) is 0 Å². The minimum Gasteiger partial charge on any atom is -0.382 e. The van der Waals surface area contributed by atoms with Crippen LogP contribution in [0.25, 0.3) is 16.2 Å². The molecule has 2 aliphatic rings. The SMILES string of the molecule is Nc1ncnc2c1ncn2-c1cc2c(s1)C(=O)NC21CCCCC1. The Labute approximate surface area is 141 Å².